The zero-order chi connectivity index (χ0) is 19.2. The van der Waals surface area contributed by atoms with Crippen LogP contribution in [-0.2, 0) is 4.79 Å². The third-order valence-corrected chi connectivity index (χ3v) is 4.39. The van der Waals surface area contributed by atoms with Gasteiger partial charge in [-0.05, 0) is 38.2 Å². The van der Waals surface area contributed by atoms with Gasteiger partial charge in [0, 0.05) is 18.3 Å². The van der Waals surface area contributed by atoms with Crippen molar-refractivity contribution < 1.29 is 23.4 Å². The number of amides is 1. The lowest BCUT2D eigenvalue weighted by molar-refractivity contribution is -0.120. The minimum absolute atomic E-state index is 0.153. The molecule has 2 aromatic rings. The van der Waals surface area contributed by atoms with Crippen LogP contribution in [0, 0.1) is 5.82 Å². The highest BCUT2D eigenvalue weighted by Gasteiger charge is 2.19. The van der Waals surface area contributed by atoms with Crippen molar-refractivity contribution in [2.75, 3.05) is 38.7 Å². The molecule has 1 heterocycles. The number of anilines is 1. The van der Waals surface area contributed by atoms with Crippen LogP contribution in [0.5, 0.6) is 17.2 Å². The first-order chi connectivity index (χ1) is 13.0. The quantitative estimate of drug-likeness (QED) is 0.808. The van der Waals surface area contributed by atoms with Gasteiger partial charge in [-0.3, -0.25) is 9.69 Å². The van der Waals surface area contributed by atoms with Crippen LogP contribution in [0.2, 0.25) is 0 Å². The summed E-state index contributed by atoms with van der Waals surface area (Å²) in [6, 6.07) is 11.2. The molecule has 27 heavy (non-hydrogen) atoms. The van der Waals surface area contributed by atoms with Crippen LogP contribution in [0.4, 0.5) is 10.1 Å². The van der Waals surface area contributed by atoms with E-state index in [4.69, 9.17) is 14.2 Å². The maximum Gasteiger partial charge on any atom is 0.241 e. The van der Waals surface area contributed by atoms with Gasteiger partial charge in [-0.2, -0.15) is 0 Å². The molecule has 0 unspecified atom stereocenters. The number of likely N-dealkylation sites (N-methyl/N-ethyl adjacent to an activating group) is 1. The number of rotatable bonds is 7. The molecule has 0 saturated carbocycles. The van der Waals surface area contributed by atoms with Crippen molar-refractivity contribution in [1.29, 1.82) is 0 Å². The van der Waals surface area contributed by atoms with Crippen molar-refractivity contribution in [3.63, 3.8) is 0 Å². The topological polar surface area (TPSA) is 60.0 Å². The zero-order valence-electron chi connectivity index (χ0n) is 15.4. The van der Waals surface area contributed by atoms with E-state index in [1.165, 1.54) is 6.07 Å². The molecule has 6 nitrogen and oxygen atoms in total. The summed E-state index contributed by atoms with van der Waals surface area (Å²) in [6.45, 7) is 3.57. The minimum Gasteiger partial charge on any atom is -0.489 e. The smallest absolute Gasteiger partial charge is 0.241 e. The summed E-state index contributed by atoms with van der Waals surface area (Å²) in [5, 5.41) is 2.87. The Bertz CT molecular complexity index is 799. The first-order valence-electron chi connectivity index (χ1n) is 8.82. The molecule has 3 rings (SSSR count). The Hall–Kier alpha value is -2.80. The molecule has 1 aliphatic rings. The number of fused-ring (bicyclic) bond motifs is 1. The van der Waals surface area contributed by atoms with Crippen LogP contribution in [0.3, 0.4) is 0 Å². The maximum atomic E-state index is 13.5. The highest BCUT2D eigenvalue weighted by atomic mass is 19.1. The Kier molecular flexibility index (Phi) is 6.13. The van der Waals surface area contributed by atoms with Gasteiger partial charge < -0.3 is 19.5 Å². The van der Waals surface area contributed by atoms with Crippen LogP contribution >= 0.6 is 0 Å². The summed E-state index contributed by atoms with van der Waals surface area (Å²) in [5.41, 5.74) is 0.645. The fraction of sp³-hybridized carbons (Fsp3) is 0.350. The highest BCUT2D eigenvalue weighted by molar-refractivity contribution is 5.94. The van der Waals surface area contributed by atoms with Crippen molar-refractivity contribution in [3.05, 3.63) is 48.3 Å². The van der Waals surface area contributed by atoms with Gasteiger partial charge in [0.15, 0.2) is 23.1 Å². The number of benzene rings is 2. The van der Waals surface area contributed by atoms with Gasteiger partial charge in [-0.1, -0.05) is 12.1 Å². The van der Waals surface area contributed by atoms with E-state index in [1.54, 1.807) is 43.3 Å². The molecular formula is C20H23FN2O4. The molecule has 0 radical (unpaired) electrons. The van der Waals surface area contributed by atoms with E-state index in [9.17, 15) is 9.18 Å². The molecule has 1 N–H and O–H groups in total. The van der Waals surface area contributed by atoms with Crippen molar-refractivity contribution >= 4 is 11.6 Å². The fourth-order valence-corrected chi connectivity index (χ4v) is 2.62. The van der Waals surface area contributed by atoms with E-state index in [1.807, 2.05) is 11.9 Å². The lowest BCUT2D eigenvalue weighted by atomic mass is 10.2. The predicted molar refractivity (Wildman–Crippen MR) is 100 cm³/mol. The maximum absolute atomic E-state index is 13.5. The van der Waals surface area contributed by atoms with Crippen LogP contribution in [-0.4, -0.2) is 50.3 Å². The first-order valence-corrected chi connectivity index (χ1v) is 8.82. The summed E-state index contributed by atoms with van der Waals surface area (Å²) in [6.07, 6.45) is 0. The second-order valence-corrected chi connectivity index (χ2v) is 6.28. The number of hydrogen-bond acceptors (Lipinski definition) is 5. The normalized spacial score (nSPS) is 13.9. The van der Waals surface area contributed by atoms with E-state index in [-0.39, 0.29) is 24.3 Å². The number of halogens is 1. The van der Waals surface area contributed by atoms with Gasteiger partial charge in [0.05, 0.1) is 6.04 Å². The molecule has 7 heteroatoms. The average Bonchev–Trinajstić information content (AvgIpc) is 2.68. The number of carbonyl (C=O) groups is 1. The van der Waals surface area contributed by atoms with E-state index in [0.29, 0.717) is 36.9 Å². The Labute approximate surface area is 157 Å². The van der Waals surface area contributed by atoms with Crippen LogP contribution in [0.25, 0.3) is 0 Å². The standard InChI is InChI=1S/C20H23FN2O4/c1-14(23(2)9-10-25-17-6-4-3-5-16(17)21)20(24)22-15-7-8-18-19(13-15)27-12-11-26-18/h3-8,13-14H,9-12H2,1-2H3,(H,22,24)/t14-/m1/s1. The molecule has 0 fully saturated rings. The molecule has 2 aromatic carbocycles. The van der Waals surface area contributed by atoms with Crippen molar-refractivity contribution in [2.24, 2.45) is 0 Å². The lowest BCUT2D eigenvalue weighted by Gasteiger charge is -2.24. The minimum atomic E-state index is -0.399. The summed E-state index contributed by atoms with van der Waals surface area (Å²) >= 11 is 0. The molecular weight excluding hydrogens is 351 g/mol. The monoisotopic (exact) mass is 374 g/mol. The third-order valence-electron chi connectivity index (χ3n) is 4.39. The third kappa shape index (κ3) is 4.89. The van der Waals surface area contributed by atoms with Crippen LogP contribution in [0.1, 0.15) is 6.92 Å². The average molecular weight is 374 g/mol. The first kappa shape index (κ1) is 19.0. The van der Waals surface area contributed by atoms with E-state index >= 15 is 0 Å². The van der Waals surface area contributed by atoms with Gasteiger partial charge in [-0.15, -0.1) is 0 Å². The molecule has 0 saturated heterocycles. The Morgan fingerprint density at radius 2 is 1.96 bits per heavy atom. The summed E-state index contributed by atoms with van der Waals surface area (Å²) in [4.78, 5) is 14.3. The highest BCUT2D eigenvalue weighted by Crippen LogP contribution is 2.32. The predicted octanol–water partition coefficient (Wildman–Crippen LogP) is 2.93. The van der Waals surface area contributed by atoms with Gasteiger partial charge in [-0.25, -0.2) is 4.39 Å². The van der Waals surface area contributed by atoms with Crippen LogP contribution < -0.4 is 19.5 Å². The Balaban J connectivity index is 1.50. The second kappa shape index (κ2) is 8.73. The van der Waals surface area contributed by atoms with E-state index in [2.05, 4.69) is 5.32 Å². The summed E-state index contributed by atoms with van der Waals surface area (Å²) in [7, 11) is 1.82. The lowest BCUT2D eigenvalue weighted by Crippen LogP contribution is -2.41. The second-order valence-electron chi connectivity index (χ2n) is 6.28. The SMILES string of the molecule is C[C@H](C(=O)Nc1ccc2c(c1)OCCO2)N(C)CCOc1ccccc1F. The molecule has 0 aromatic heterocycles. The van der Waals surface area contributed by atoms with Gasteiger partial charge in [0.1, 0.15) is 19.8 Å². The summed E-state index contributed by atoms with van der Waals surface area (Å²) in [5.74, 6) is 0.956. The molecule has 1 atom stereocenters. The van der Waals surface area contributed by atoms with Crippen LogP contribution in [0.15, 0.2) is 42.5 Å². The Morgan fingerprint density at radius 1 is 1.22 bits per heavy atom. The zero-order valence-corrected chi connectivity index (χ0v) is 15.4. The molecule has 0 aliphatic carbocycles. The van der Waals surface area contributed by atoms with Gasteiger partial charge in [0.25, 0.3) is 0 Å². The number of ether oxygens (including phenoxy) is 3. The van der Waals surface area contributed by atoms with E-state index in [0.717, 1.165) is 0 Å². The van der Waals surface area contributed by atoms with Crippen molar-refractivity contribution in [3.8, 4) is 17.2 Å². The molecule has 144 valence electrons. The molecule has 0 spiro atoms. The van der Waals surface area contributed by atoms with Gasteiger partial charge >= 0.3 is 0 Å². The van der Waals surface area contributed by atoms with Crippen molar-refractivity contribution in [2.45, 2.75) is 13.0 Å². The number of hydrogen-bond donors (Lipinski definition) is 1. The molecule has 1 aliphatic heterocycles. The van der Waals surface area contributed by atoms with Gasteiger partial charge in [0.2, 0.25) is 5.91 Å². The van der Waals surface area contributed by atoms with Crippen molar-refractivity contribution in [1.82, 2.24) is 4.90 Å². The number of nitrogens with zero attached hydrogens (tertiary/aromatic N) is 1. The van der Waals surface area contributed by atoms with E-state index < -0.39 is 5.82 Å². The fourth-order valence-electron chi connectivity index (χ4n) is 2.62. The summed E-state index contributed by atoms with van der Waals surface area (Å²) < 4.78 is 30.0. The number of nitrogens with one attached hydrogen (secondary N) is 1. The Morgan fingerprint density at radius 3 is 2.74 bits per heavy atom. The number of carbonyl (C=O) groups excluding carboxylic acids is 1. The molecule has 1 amide bonds. The molecule has 0 bridgehead atoms. The largest absolute Gasteiger partial charge is 0.489 e. The number of para-hydroxylation sites is 1.